The van der Waals surface area contributed by atoms with Gasteiger partial charge in [0.25, 0.3) is 0 Å². The summed E-state index contributed by atoms with van der Waals surface area (Å²) >= 11 is 0. The number of carbonyl (C=O) groups is 1. The van der Waals surface area contributed by atoms with E-state index in [1.165, 1.54) is 0 Å². The van der Waals surface area contributed by atoms with Crippen LogP contribution in [0.5, 0.6) is 5.75 Å². The Kier molecular flexibility index (Phi) is 6.02. The number of rotatable bonds is 7. The predicted octanol–water partition coefficient (Wildman–Crippen LogP) is 2.73. The first-order valence-electron chi connectivity index (χ1n) is 7.02. The van der Waals surface area contributed by atoms with E-state index in [2.05, 4.69) is 19.2 Å². The lowest BCUT2D eigenvalue weighted by molar-refractivity contribution is -0.151. The molecule has 1 aromatic rings. The SMILES string of the molecule is CCOC(=O)C(C)(COc1ccccc1C(C)C)NC. The number of para-hydroxylation sites is 1. The average molecular weight is 279 g/mol. The average Bonchev–Trinajstić information content (AvgIpc) is 2.45. The van der Waals surface area contributed by atoms with E-state index in [0.717, 1.165) is 11.3 Å². The molecule has 1 unspecified atom stereocenters. The van der Waals surface area contributed by atoms with E-state index in [1.807, 2.05) is 24.3 Å². The molecule has 4 heteroatoms. The first kappa shape index (κ1) is 16.5. The van der Waals surface area contributed by atoms with Crippen molar-refractivity contribution < 1.29 is 14.3 Å². The Balaban J connectivity index is 2.81. The maximum atomic E-state index is 12.0. The third kappa shape index (κ3) is 3.97. The topological polar surface area (TPSA) is 47.6 Å². The van der Waals surface area contributed by atoms with Gasteiger partial charge in [0.15, 0.2) is 0 Å². The van der Waals surface area contributed by atoms with Crippen molar-refractivity contribution >= 4 is 5.97 Å². The quantitative estimate of drug-likeness (QED) is 0.780. The van der Waals surface area contributed by atoms with Crippen LogP contribution in [0.2, 0.25) is 0 Å². The summed E-state index contributed by atoms with van der Waals surface area (Å²) < 4.78 is 10.9. The molecule has 20 heavy (non-hydrogen) atoms. The van der Waals surface area contributed by atoms with Crippen LogP contribution in [-0.2, 0) is 9.53 Å². The van der Waals surface area contributed by atoms with Crippen molar-refractivity contribution in [3.8, 4) is 5.75 Å². The number of benzene rings is 1. The molecule has 0 aromatic heterocycles. The van der Waals surface area contributed by atoms with Crippen molar-refractivity contribution in [3.05, 3.63) is 29.8 Å². The molecule has 4 nitrogen and oxygen atoms in total. The fraction of sp³-hybridized carbons (Fsp3) is 0.562. The molecule has 0 radical (unpaired) electrons. The van der Waals surface area contributed by atoms with Crippen LogP contribution >= 0.6 is 0 Å². The third-order valence-electron chi connectivity index (χ3n) is 3.34. The van der Waals surface area contributed by atoms with Crippen LogP contribution < -0.4 is 10.1 Å². The summed E-state index contributed by atoms with van der Waals surface area (Å²) in [5, 5.41) is 2.98. The second-order valence-corrected chi connectivity index (χ2v) is 5.28. The molecule has 0 bridgehead atoms. The fourth-order valence-electron chi connectivity index (χ4n) is 1.83. The van der Waals surface area contributed by atoms with Gasteiger partial charge < -0.3 is 14.8 Å². The molecule has 0 amide bonds. The highest BCUT2D eigenvalue weighted by Crippen LogP contribution is 2.26. The van der Waals surface area contributed by atoms with Crippen molar-refractivity contribution in [1.82, 2.24) is 5.32 Å². The van der Waals surface area contributed by atoms with E-state index in [9.17, 15) is 4.79 Å². The molecule has 1 rings (SSSR count). The first-order valence-corrected chi connectivity index (χ1v) is 7.02. The Morgan fingerprint density at radius 2 is 2.00 bits per heavy atom. The lowest BCUT2D eigenvalue weighted by Gasteiger charge is -2.27. The second kappa shape index (κ2) is 7.29. The summed E-state index contributed by atoms with van der Waals surface area (Å²) in [6, 6.07) is 7.89. The number of likely N-dealkylation sites (N-methyl/N-ethyl adjacent to an activating group) is 1. The molecule has 0 saturated heterocycles. The first-order chi connectivity index (χ1) is 9.44. The van der Waals surface area contributed by atoms with E-state index in [0.29, 0.717) is 12.5 Å². The van der Waals surface area contributed by atoms with Crippen LogP contribution in [0.4, 0.5) is 0 Å². The van der Waals surface area contributed by atoms with Gasteiger partial charge in [-0.05, 0) is 38.4 Å². The molecule has 0 heterocycles. The Morgan fingerprint density at radius 1 is 1.35 bits per heavy atom. The molecular weight excluding hydrogens is 254 g/mol. The van der Waals surface area contributed by atoms with Crippen LogP contribution in [0.15, 0.2) is 24.3 Å². The molecule has 1 N–H and O–H groups in total. The van der Waals surface area contributed by atoms with Gasteiger partial charge in [0.2, 0.25) is 0 Å². The standard InChI is InChI=1S/C16H25NO3/c1-6-19-15(18)16(4,17-5)11-20-14-10-8-7-9-13(14)12(2)3/h7-10,12,17H,6,11H2,1-5H3. The zero-order chi connectivity index (χ0) is 15.2. The fourth-order valence-corrected chi connectivity index (χ4v) is 1.83. The zero-order valence-electron chi connectivity index (χ0n) is 13.0. The van der Waals surface area contributed by atoms with Crippen LogP contribution in [-0.4, -0.2) is 31.8 Å². The molecule has 0 fully saturated rings. The number of hydrogen-bond acceptors (Lipinski definition) is 4. The lowest BCUT2D eigenvalue weighted by Crippen LogP contribution is -2.53. The molecule has 0 saturated carbocycles. The van der Waals surface area contributed by atoms with Crippen molar-refractivity contribution in [2.24, 2.45) is 0 Å². The van der Waals surface area contributed by atoms with E-state index < -0.39 is 5.54 Å². The number of esters is 1. The minimum absolute atomic E-state index is 0.228. The van der Waals surface area contributed by atoms with E-state index in [1.54, 1.807) is 20.9 Å². The minimum atomic E-state index is -0.847. The smallest absolute Gasteiger partial charge is 0.329 e. The summed E-state index contributed by atoms with van der Waals surface area (Å²) in [6.07, 6.45) is 0. The van der Waals surface area contributed by atoms with Gasteiger partial charge in [0.05, 0.1) is 6.61 Å². The van der Waals surface area contributed by atoms with Crippen LogP contribution in [0, 0.1) is 0 Å². The molecule has 0 aliphatic carbocycles. The Hall–Kier alpha value is -1.55. The van der Waals surface area contributed by atoms with Gasteiger partial charge in [-0.15, -0.1) is 0 Å². The highest BCUT2D eigenvalue weighted by atomic mass is 16.5. The summed E-state index contributed by atoms with van der Waals surface area (Å²) in [7, 11) is 1.73. The zero-order valence-corrected chi connectivity index (χ0v) is 13.0. The molecule has 0 aliphatic heterocycles. The Morgan fingerprint density at radius 3 is 2.55 bits per heavy atom. The Labute approximate surface area is 121 Å². The van der Waals surface area contributed by atoms with Gasteiger partial charge >= 0.3 is 5.97 Å². The molecule has 0 spiro atoms. The third-order valence-corrected chi connectivity index (χ3v) is 3.34. The number of ether oxygens (including phenoxy) is 2. The molecule has 0 aliphatic rings. The molecular formula is C16H25NO3. The monoisotopic (exact) mass is 279 g/mol. The largest absolute Gasteiger partial charge is 0.491 e. The normalized spacial score (nSPS) is 13.9. The maximum Gasteiger partial charge on any atom is 0.329 e. The van der Waals surface area contributed by atoms with Crippen LogP contribution in [0.1, 0.15) is 39.2 Å². The van der Waals surface area contributed by atoms with E-state index in [-0.39, 0.29) is 12.6 Å². The number of carbonyl (C=O) groups excluding carboxylic acids is 1. The van der Waals surface area contributed by atoms with E-state index >= 15 is 0 Å². The molecule has 1 atom stereocenters. The molecule has 112 valence electrons. The molecule has 1 aromatic carbocycles. The summed E-state index contributed by atoms with van der Waals surface area (Å²) in [4.78, 5) is 12.0. The van der Waals surface area contributed by atoms with Gasteiger partial charge in [-0.3, -0.25) is 0 Å². The number of nitrogens with one attached hydrogen (secondary N) is 1. The highest BCUT2D eigenvalue weighted by Gasteiger charge is 2.34. The summed E-state index contributed by atoms with van der Waals surface area (Å²) in [5.41, 5.74) is 0.287. The van der Waals surface area contributed by atoms with Gasteiger partial charge in [-0.2, -0.15) is 0 Å². The summed E-state index contributed by atoms with van der Waals surface area (Å²) in [5.74, 6) is 0.882. The van der Waals surface area contributed by atoms with Crippen molar-refractivity contribution in [2.75, 3.05) is 20.3 Å². The van der Waals surface area contributed by atoms with E-state index in [4.69, 9.17) is 9.47 Å². The number of hydrogen-bond donors (Lipinski definition) is 1. The summed E-state index contributed by atoms with van der Waals surface area (Å²) in [6.45, 7) is 8.40. The van der Waals surface area contributed by atoms with Gasteiger partial charge in [0, 0.05) is 0 Å². The van der Waals surface area contributed by atoms with Crippen molar-refractivity contribution in [2.45, 2.75) is 39.2 Å². The van der Waals surface area contributed by atoms with Crippen molar-refractivity contribution in [1.29, 1.82) is 0 Å². The van der Waals surface area contributed by atoms with Gasteiger partial charge in [-0.25, -0.2) is 4.79 Å². The minimum Gasteiger partial charge on any atom is -0.491 e. The van der Waals surface area contributed by atoms with Crippen LogP contribution in [0.25, 0.3) is 0 Å². The van der Waals surface area contributed by atoms with Gasteiger partial charge in [-0.1, -0.05) is 32.0 Å². The van der Waals surface area contributed by atoms with Crippen molar-refractivity contribution in [3.63, 3.8) is 0 Å². The van der Waals surface area contributed by atoms with Gasteiger partial charge in [0.1, 0.15) is 17.9 Å². The predicted molar refractivity (Wildman–Crippen MR) is 80.1 cm³/mol. The van der Waals surface area contributed by atoms with Crippen LogP contribution in [0.3, 0.4) is 0 Å². The second-order valence-electron chi connectivity index (χ2n) is 5.28. The maximum absolute atomic E-state index is 12.0. The lowest BCUT2D eigenvalue weighted by atomic mass is 10.0. The Bertz CT molecular complexity index is 445. The highest BCUT2D eigenvalue weighted by molar-refractivity contribution is 5.80.